The summed E-state index contributed by atoms with van der Waals surface area (Å²) in [6, 6.07) is 20.4. The minimum atomic E-state index is -0.538. The molecule has 1 aromatic heterocycles. The van der Waals surface area contributed by atoms with Crippen LogP contribution in [0.3, 0.4) is 0 Å². The molecular weight excluding hydrogens is 529 g/mol. The summed E-state index contributed by atoms with van der Waals surface area (Å²) >= 11 is 12.3. The molecule has 0 saturated carbocycles. The molecule has 1 heterocycles. The second kappa shape index (κ2) is 11.5. The number of benzene rings is 3. The minimum Gasteiger partial charge on any atom is -0.330 e. The zero-order valence-corrected chi connectivity index (χ0v) is 22.0. The summed E-state index contributed by atoms with van der Waals surface area (Å²) in [5.41, 5.74) is 2.44. The van der Waals surface area contributed by atoms with Gasteiger partial charge in [0.25, 0.3) is 11.6 Å². The molecule has 0 fully saturated rings. The van der Waals surface area contributed by atoms with Gasteiger partial charge in [0.1, 0.15) is 12.4 Å². The first-order valence-corrected chi connectivity index (χ1v) is 12.4. The van der Waals surface area contributed by atoms with Crippen molar-refractivity contribution in [3.05, 3.63) is 104 Å². The normalized spacial score (nSPS) is 10.7. The van der Waals surface area contributed by atoms with E-state index in [1.165, 1.54) is 27.8 Å². The van der Waals surface area contributed by atoms with E-state index in [0.29, 0.717) is 32.8 Å². The number of anilines is 1. The molecule has 11 heteroatoms. The van der Waals surface area contributed by atoms with Crippen LogP contribution >= 0.6 is 23.2 Å². The summed E-state index contributed by atoms with van der Waals surface area (Å²) in [5.74, 6) is -0.599. The molecule has 38 heavy (non-hydrogen) atoms. The zero-order chi connectivity index (χ0) is 27.4. The van der Waals surface area contributed by atoms with Gasteiger partial charge in [0, 0.05) is 35.4 Å². The third kappa shape index (κ3) is 5.85. The number of aromatic nitrogens is 2. The summed E-state index contributed by atoms with van der Waals surface area (Å²) < 4.78 is 1.53. The van der Waals surface area contributed by atoms with Crippen molar-refractivity contribution in [3.63, 3.8) is 0 Å². The van der Waals surface area contributed by atoms with Gasteiger partial charge in [-0.2, -0.15) is 5.10 Å². The predicted octanol–water partition coefficient (Wildman–Crippen LogP) is 6.16. The molecule has 0 aliphatic rings. The largest absolute Gasteiger partial charge is 0.330 e. The lowest BCUT2D eigenvalue weighted by atomic mass is 10.1. The molecule has 4 rings (SSSR count). The topological polar surface area (TPSA) is 110 Å². The van der Waals surface area contributed by atoms with Crippen LogP contribution in [0, 0.1) is 17.0 Å². The number of halogens is 2. The minimum absolute atomic E-state index is 0.129. The monoisotopic (exact) mass is 551 g/mol. The fraction of sp³-hybridized carbons (Fsp3) is 0.148. The van der Waals surface area contributed by atoms with Crippen LogP contribution in [0.4, 0.5) is 11.5 Å². The first-order valence-electron chi connectivity index (χ1n) is 11.6. The highest BCUT2D eigenvalue weighted by atomic mass is 35.5. The van der Waals surface area contributed by atoms with E-state index in [1.807, 2.05) is 30.3 Å². The summed E-state index contributed by atoms with van der Waals surface area (Å²) in [4.78, 5) is 38.2. The van der Waals surface area contributed by atoms with Gasteiger partial charge >= 0.3 is 0 Å². The lowest BCUT2D eigenvalue weighted by molar-refractivity contribution is -0.385. The van der Waals surface area contributed by atoms with Gasteiger partial charge in [-0.25, -0.2) is 4.68 Å². The Kier molecular flexibility index (Phi) is 8.09. The van der Waals surface area contributed by atoms with Gasteiger partial charge in [-0.15, -0.1) is 0 Å². The summed E-state index contributed by atoms with van der Waals surface area (Å²) in [7, 11) is 0. The van der Waals surface area contributed by atoms with Crippen molar-refractivity contribution < 1.29 is 14.5 Å². The molecule has 0 aliphatic carbocycles. The number of carbonyl (C=O) groups is 2. The van der Waals surface area contributed by atoms with Gasteiger partial charge in [0.05, 0.1) is 26.3 Å². The van der Waals surface area contributed by atoms with E-state index in [1.54, 1.807) is 38.1 Å². The van der Waals surface area contributed by atoms with E-state index in [2.05, 4.69) is 10.4 Å². The van der Waals surface area contributed by atoms with Crippen molar-refractivity contribution in [1.29, 1.82) is 0 Å². The Labute approximate surface area is 228 Å². The number of nitrogens with zero attached hydrogens (tertiary/aromatic N) is 4. The number of nitro groups is 1. The molecule has 0 spiro atoms. The average Bonchev–Trinajstić information content (AvgIpc) is 3.32. The van der Waals surface area contributed by atoms with Crippen LogP contribution in [-0.2, 0) is 4.79 Å². The molecule has 0 saturated heterocycles. The molecule has 0 radical (unpaired) electrons. The van der Waals surface area contributed by atoms with Gasteiger partial charge in [0.15, 0.2) is 0 Å². The van der Waals surface area contributed by atoms with E-state index in [0.717, 1.165) is 5.56 Å². The van der Waals surface area contributed by atoms with Gasteiger partial charge in [-0.1, -0.05) is 59.6 Å². The number of rotatable bonds is 8. The molecule has 9 nitrogen and oxygen atoms in total. The Morgan fingerprint density at radius 1 is 1.03 bits per heavy atom. The van der Waals surface area contributed by atoms with Gasteiger partial charge in [-0.3, -0.25) is 19.7 Å². The van der Waals surface area contributed by atoms with E-state index in [4.69, 9.17) is 23.2 Å². The van der Waals surface area contributed by atoms with E-state index >= 15 is 0 Å². The Morgan fingerprint density at radius 3 is 2.42 bits per heavy atom. The molecule has 0 atom stereocenters. The number of aryl methyl sites for hydroxylation is 1. The molecule has 1 N–H and O–H groups in total. The maximum atomic E-state index is 13.1. The maximum absolute atomic E-state index is 13.1. The number of amides is 2. The highest BCUT2D eigenvalue weighted by molar-refractivity contribution is 6.42. The first-order chi connectivity index (χ1) is 18.2. The number of nitrogens with one attached hydrogen (secondary N) is 1. The number of hydrogen-bond donors (Lipinski definition) is 1. The highest BCUT2D eigenvalue weighted by Crippen LogP contribution is 2.29. The predicted molar refractivity (Wildman–Crippen MR) is 147 cm³/mol. The SMILES string of the molecule is CCN(CC(=O)Nc1cc(-c2ccccc2)nn1-c1ccc(Cl)c(Cl)c1)C(=O)c1ccc(C)c([N+](=O)[O-])c1. The Bertz CT molecular complexity index is 1520. The van der Waals surface area contributed by atoms with Crippen molar-refractivity contribution in [2.75, 3.05) is 18.4 Å². The molecule has 2 amide bonds. The molecule has 0 aliphatic heterocycles. The lowest BCUT2D eigenvalue weighted by Gasteiger charge is -2.20. The van der Waals surface area contributed by atoms with E-state index < -0.39 is 16.7 Å². The van der Waals surface area contributed by atoms with Crippen molar-refractivity contribution >= 4 is 46.5 Å². The number of carbonyl (C=O) groups excluding carboxylic acids is 2. The molecule has 194 valence electrons. The fourth-order valence-corrected chi connectivity index (χ4v) is 4.13. The summed E-state index contributed by atoms with van der Waals surface area (Å²) in [6.07, 6.45) is 0. The van der Waals surface area contributed by atoms with E-state index in [9.17, 15) is 19.7 Å². The van der Waals surface area contributed by atoms with Crippen LogP contribution in [0.1, 0.15) is 22.8 Å². The Hall–Kier alpha value is -4.21. The first kappa shape index (κ1) is 26.8. The zero-order valence-electron chi connectivity index (χ0n) is 20.5. The van der Waals surface area contributed by atoms with Crippen LogP contribution in [0.25, 0.3) is 16.9 Å². The lowest BCUT2D eigenvalue weighted by Crippen LogP contribution is -2.38. The summed E-state index contributed by atoms with van der Waals surface area (Å²) in [6.45, 7) is 3.26. The third-order valence-electron chi connectivity index (χ3n) is 5.85. The van der Waals surface area contributed by atoms with Crippen LogP contribution in [0.15, 0.2) is 72.8 Å². The summed E-state index contributed by atoms with van der Waals surface area (Å²) in [5, 5.41) is 19.5. The van der Waals surface area contributed by atoms with Crippen LogP contribution in [0.5, 0.6) is 0 Å². The number of hydrogen-bond acceptors (Lipinski definition) is 5. The smallest absolute Gasteiger partial charge is 0.273 e. The molecule has 0 bridgehead atoms. The highest BCUT2D eigenvalue weighted by Gasteiger charge is 2.22. The number of likely N-dealkylation sites (N-methyl/N-ethyl adjacent to an activating group) is 1. The Balaban J connectivity index is 1.61. The van der Waals surface area contributed by atoms with Gasteiger partial charge in [0.2, 0.25) is 5.91 Å². The standard InChI is InChI=1S/C27H23Cl2N5O4/c1-3-32(27(36)19-10-9-17(2)24(13-19)34(37)38)16-26(35)30-25-15-23(18-7-5-4-6-8-18)31-33(25)20-11-12-21(28)22(29)14-20/h4-15H,3,16H2,1-2H3,(H,30,35). The second-order valence-corrected chi connectivity index (χ2v) is 9.23. The Morgan fingerprint density at radius 2 is 1.76 bits per heavy atom. The second-order valence-electron chi connectivity index (χ2n) is 8.42. The van der Waals surface area contributed by atoms with Crippen LogP contribution in [0.2, 0.25) is 10.0 Å². The molecule has 0 unspecified atom stereocenters. The third-order valence-corrected chi connectivity index (χ3v) is 6.59. The quantitative estimate of drug-likeness (QED) is 0.208. The van der Waals surface area contributed by atoms with Crippen molar-refractivity contribution in [2.24, 2.45) is 0 Å². The van der Waals surface area contributed by atoms with Crippen molar-refractivity contribution in [3.8, 4) is 16.9 Å². The van der Waals surface area contributed by atoms with Crippen LogP contribution < -0.4 is 5.32 Å². The molecular formula is C27H23Cl2N5O4. The average molecular weight is 552 g/mol. The van der Waals surface area contributed by atoms with Gasteiger partial charge in [-0.05, 0) is 38.1 Å². The fourth-order valence-electron chi connectivity index (χ4n) is 3.84. The molecule has 4 aromatic rings. The van der Waals surface area contributed by atoms with Crippen LogP contribution in [-0.4, -0.2) is 44.5 Å². The molecule has 3 aromatic carbocycles. The van der Waals surface area contributed by atoms with Crippen molar-refractivity contribution in [2.45, 2.75) is 13.8 Å². The number of nitro benzene ring substituents is 1. The maximum Gasteiger partial charge on any atom is 0.273 e. The van der Waals surface area contributed by atoms with Crippen molar-refractivity contribution in [1.82, 2.24) is 14.7 Å². The van der Waals surface area contributed by atoms with E-state index in [-0.39, 0.29) is 24.3 Å². The van der Waals surface area contributed by atoms with Gasteiger partial charge < -0.3 is 10.2 Å².